The van der Waals surface area contributed by atoms with Gasteiger partial charge in [-0.3, -0.25) is 4.68 Å². The molecule has 0 bridgehead atoms. The normalized spacial score (nSPS) is 12.7. The summed E-state index contributed by atoms with van der Waals surface area (Å²) in [6.07, 6.45) is 0.825. The Morgan fingerprint density at radius 2 is 2.00 bits per heavy atom. The molecule has 0 aliphatic rings. The van der Waals surface area contributed by atoms with Gasteiger partial charge in [-0.2, -0.15) is 5.10 Å². The molecular weight excluding hydrogens is 329 g/mol. The number of hydrogen-bond acceptors (Lipinski definition) is 2. The van der Waals surface area contributed by atoms with Gasteiger partial charge in [0.25, 0.3) is 0 Å². The van der Waals surface area contributed by atoms with Gasteiger partial charge in [-0.15, -0.1) is 0 Å². The molecular formula is C15H18Cl3N3. The van der Waals surface area contributed by atoms with E-state index < -0.39 is 0 Å². The highest BCUT2D eigenvalue weighted by atomic mass is 35.5. The lowest BCUT2D eigenvalue weighted by atomic mass is 10.1. The van der Waals surface area contributed by atoms with Crippen LogP contribution in [0.15, 0.2) is 18.2 Å². The molecule has 1 heterocycles. The first kappa shape index (κ1) is 16.6. The highest BCUT2D eigenvalue weighted by Gasteiger charge is 2.15. The standard InChI is InChI=1S/C15H18Cl3N3/c1-4-13-15(18)14(21(3)20-13)8-19-9(2)11-6-5-10(16)7-12(11)17/h5-7,9,19H,4,8H2,1-3H3. The zero-order valence-electron chi connectivity index (χ0n) is 12.3. The van der Waals surface area contributed by atoms with Gasteiger partial charge in [-0.1, -0.05) is 47.8 Å². The summed E-state index contributed by atoms with van der Waals surface area (Å²) in [6, 6.07) is 5.62. The Kier molecular flexibility index (Phi) is 5.55. The molecule has 0 fully saturated rings. The number of rotatable bonds is 5. The molecule has 0 aliphatic heterocycles. The van der Waals surface area contributed by atoms with Crippen molar-refractivity contribution in [2.24, 2.45) is 7.05 Å². The molecule has 1 atom stereocenters. The van der Waals surface area contributed by atoms with Crippen molar-refractivity contribution in [3.05, 3.63) is 50.2 Å². The van der Waals surface area contributed by atoms with Gasteiger partial charge in [0.1, 0.15) is 0 Å². The second-order valence-electron chi connectivity index (χ2n) is 4.95. The summed E-state index contributed by atoms with van der Waals surface area (Å²) in [5, 5.41) is 9.87. The SMILES string of the molecule is CCc1nn(C)c(CNC(C)c2ccc(Cl)cc2Cl)c1Cl. The first-order valence-corrected chi connectivity index (χ1v) is 7.96. The van der Waals surface area contributed by atoms with Crippen molar-refractivity contribution < 1.29 is 0 Å². The highest BCUT2D eigenvalue weighted by molar-refractivity contribution is 6.35. The minimum Gasteiger partial charge on any atom is -0.304 e. The van der Waals surface area contributed by atoms with E-state index in [0.717, 1.165) is 28.4 Å². The summed E-state index contributed by atoms with van der Waals surface area (Å²) < 4.78 is 1.82. The number of halogens is 3. The van der Waals surface area contributed by atoms with Gasteiger partial charge in [-0.05, 0) is 31.0 Å². The van der Waals surface area contributed by atoms with Crippen molar-refractivity contribution in [2.75, 3.05) is 0 Å². The minimum atomic E-state index is 0.0887. The van der Waals surface area contributed by atoms with Gasteiger partial charge in [0, 0.05) is 29.7 Å². The van der Waals surface area contributed by atoms with Gasteiger partial charge in [0.2, 0.25) is 0 Å². The Balaban J connectivity index is 2.11. The largest absolute Gasteiger partial charge is 0.304 e. The quantitative estimate of drug-likeness (QED) is 0.843. The van der Waals surface area contributed by atoms with Gasteiger partial charge >= 0.3 is 0 Å². The maximum Gasteiger partial charge on any atom is 0.0863 e. The molecule has 21 heavy (non-hydrogen) atoms. The molecule has 2 aromatic rings. The summed E-state index contributed by atoms with van der Waals surface area (Å²) in [6.45, 7) is 4.73. The Morgan fingerprint density at radius 3 is 2.57 bits per heavy atom. The molecule has 0 amide bonds. The number of aryl methyl sites for hydroxylation is 2. The minimum absolute atomic E-state index is 0.0887. The first-order chi connectivity index (χ1) is 9.93. The second kappa shape index (κ2) is 7.01. The molecule has 0 saturated carbocycles. The molecule has 114 valence electrons. The Hall–Kier alpha value is -0.740. The maximum absolute atomic E-state index is 6.34. The highest BCUT2D eigenvalue weighted by Crippen LogP contribution is 2.27. The van der Waals surface area contributed by atoms with Crippen LogP contribution in [0.5, 0.6) is 0 Å². The van der Waals surface area contributed by atoms with Crippen LogP contribution in [-0.4, -0.2) is 9.78 Å². The lowest BCUT2D eigenvalue weighted by Crippen LogP contribution is -2.20. The molecule has 3 nitrogen and oxygen atoms in total. The molecule has 1 aromatic heterocycles. The fourth-order valence-corrected chi connectivity index (χ4v) is 3.16. The third-order valence-corrected chi connectivity index (χ3v) is 4.51. The van der Waals surface area contributed by atoms with Crippen LogP contribution in [0, 0.1) is 0 Å². The molecule has 1 unspecified atom stereocenters. The van der Waals surface area contributed by atoms with Crippen LogP contribution in [0.3, 0.4) is 0 Å². The first-order valence-electron chi connectivity index (χ1n) is 6.82. The summed E-state index contributed by atoms with van der Waals surface area (Å²) in [7, 11) is 1.90. The van der Waals surface area contributed by atoms with Crippen molar-refractivity contribution in [2.45, 2.75) is 32.9 Å². The van der Waals surface area contributed by atoms with Gasteiger partial charge in [-0.25, -0.2) is 0 Å². The average Bonchev–Trinajstić information content (AvgIpc) is 2.71. The maximum atomic E-state index is 6.34. The second-order valence-corrected chi connectivity index (χ2v) is 6.17. The fraction of sp³-hybridized carbons (Fsp3) is 0.400. The molecule has 0 aliphatic carbocycles. The molecule has 0 radical (unpaired) electrons. The van der Waals surface area contributed by atoms with Crippen molar-refractivity contribution in [3.63, 3.8) is 0 Å². The van der Waals surface area contributed by atoms with Crippen LogP contribution >= 0.6 is 34.8 Å². The molecule has 2 rings (SSSR count). The van der Waals surface area contributed by atoms with Crippen LogP contribution in [-0.2, 0) is 20.0 Å². The summed E-state index contributed by atoms with van der Waals surface area (Å²) in [5.74, 6) is 0. The van der Waals surface area contributed by atoms with E-state index in [-0.39, 0.29) is 6.04 Å². The zero-order valence-corrected chi connectivity index (χ0v) is 14.5. The van der Waals surface area contributed by atoms with Crippen molar-refractivity contribution >= 4 is 34.8 Å². The van der Waals surface area contributed by atoms with Gasteiger partial charge < -0.3 is 5.32 Å². The molecule has 0 spiro atoms. The van der Waals surface area contributed by atoms with Crippen LogP contribution < -0.4 is 5.32 Å². The number of benzene rings is 1. The van der Waals surface area contributed by atoms with Crippen molar-refractivity contribution in [1.82, 2.24) is 15.1 Å². The van der Waals surface area contributed by atoms with E-state index in [1.54, 1.807) is 6.07 Å². The number of nitrogens with one attached hydrogen (secondary N) is 1. The topological polar surface area (TPSA) is 29.9 Å². The van der Waals surface area contributed by atoms with Crippen LogP contribution in [0.2, 0.25) is 15.1 Å². The summed E-state index contributed by atoms with van der Waals surface area (Å²) in [5.41, 5.74) is 2.91. The van der Waals surface area contributed by atoms with Crippen LogP contribution in [0.4, 0.5) is 0 Å². The van der Waals surface area contributed by atoms with E-state index in [2.05, 4.69) is 17.3 Å². The van der Waals surface area contributed by atoms with E-state index in [0.29, 0.717) is 16.6 Å². The van der Waals surface area contributed by atoms with Crippen molar-refractivity contribution in [1.29, 1.82) is 0 Å². The van der Waals surface area contributed by atoms with Crippen molar-refractivity contribution in [3.8, 4) is 0 Å². The summed E-state index contributed by atoms with van der Waals surface area (Å²) in [4.78, 5) is 0. The smallest absolute Gasteiger partial charge is 0.0863 e. The average molecular weight is 347 g/mol. The predicted octanol–water partition coefficient (Wildman–Crippen LogP) is 4.79. The number of aromatic nitrogens is 2. The lowest BCUT2D eigenvalue weighted by Gasteiger charge is -2.16. The molecule has 0 saturated heterocycles. The van der Waals surface area contributed by atoms with Crippen LogP contribution in [0.25, 0.3) is 0 Å². The Labute approximate surface area is 140 Å². The molecule has 1 aromatic carbocycles. The summed E-state index contributed by atoms with van der Waals surface area (Å²) >= 11 is 18.5. The predicted molar refractivity (Wildman–Crippen MR) is 89.3 cm³/mol. The third kappa shape index (κ3) is 3.72. The van der Waals surface area contributed by atoms with E-state index in [4.69, 9.17) is 34.8 Å². The van der Waals surface area contributed by atoms with E-state index in [1.165, 1.54) is 0 Å². The Bertz CT molecular complexity index is 637. The zero-order chi connectivity index (χ0) is 15.6. The van der Waals surface area contributed by atoms with E-state index in [1.807, 2.05) is 30.8 Å². The van der Waals surface area contributed by atoms with Crippen LogP contribution in [0.1, 0.15) is 36.8 Å². The van der Waals surface area contributed by atoms with E-state index >= 15 is 0 Å². The number of nitrogens with zero attached hydrogens (tertiary/aromatic N) is 2. The molecule has 6 heteroatoms. The molecule has 1 N–H and O–H groups in total. The van der Waals surface area contributed by atoms with E-state index in [9.17, 15) is 0 Å². The monoisotopic (exact) mass is 345 g/mol. The lowest BCUT2D eigenvalue weighted by molar-refractivity contribution is 0.548. The third-order valence-electron chi connectivity index (χ3n) is 3.51. The fourth-order valence-electron chi connectivity index (χ4n) is 2.22. The number of hydrogen-bond donors (Lipinski definition) is 1. The van der Waals surface area contributed by atoms with Gasteiger partial charge in [0.05, 0.1) is 16.4 Å². The Morgan fingerprint density at radius 1 is 1.29 bits per heavy atom. The van der Waals surface area contributed by atoms with Gasteiger partial charge in [0.15, 0.2) is 0 Å².